The molecule has 1 N–H and O–H groups in total. The van der Waals surface area contributed by atoms with Crippen molar-refractivity contribution in [1.29, 1.82) is 0 Å². The van der Waals surface area contributed by atoms with Gasteiger partial charge < -0.3 is 10.2 Å². The third-order valence-electron chi connectivity index (χ3n) is 5.42. The van der Waals surface area contributed by atoms with E-state index < -0.39 is 0 Å². The van der Waals surface area contributed by atoms with Crippen LogP contribution in [0.15, 0.2) is 6.20 Å². The highest BCUT2D eigenvalue weighted by Gasteiger charge is 2.42. The Morgan fingerprint density at radius 3 is 2.95 bits per heavy atom. The minimum Gasteiger partial charge on any atom is -0.334 e. The van der Waals surface area contributed by atoms with Crippen LogP contribution < -0.4 is 5.32 Å². The number of amides is 2. The van der Waals surface area contributed by atoms with Gasteiger partial charge in [0.05, 0.1) is 5.69 Å². The van der Waals surface area contributed by atoms with Gasteiger partial charge in [-0.2, -0.15) is 5.10 Å². The molecule has 0 bridgehead atoms. The number of carbonyl (C=O) groups excluding carboxylic acids is 1. The molecular formula is C17H28N4O. The van der Waals surface area contributed by atoms with Crippen molar-refractivity contribution in [1.82, 2.24) is 20.0 Å². The van der Waals surface area contributed by atoms with Crippen LogP contribution >= 0.6 is 0 Å². The Kier molecular flexibility index (Phi) is 4.41. The average molecular weight is 304 g/mol. The number of urea groups is 1. The SMILES string of the molecule is CCc1nn(C)cc1CNC(=O)N1C[C@H](C)[C@@H]2CCCC[C@H]21. The topological polar surface area (TPSA) is 50.2 Å². The van der Waals surface area contributed by atoms with Gasteiger partial charge in [0.15, 0.2) is 0 Å². The van der Waals surface area contributed by atoms with E-state index >= 15 is 0 Å². The van der Waals surface area contributed by atoms with Gasteiger partial charge >= 0.3 is 6.03 Å². The molecule has 1 aliphatic carbocycles. The van der Waals surface area contributed by atoms with Gasteiger partial charge in [-0.15, -0.1) is 0 Å². The molecule has 2 aliphatic rings. The molecule has 1 saturated heterocycles. The third kappa shape index (κ3) is 2.85. The molecule has 0 spiro atoms. The van der Waals surface area contributed by atoms with Crippen molar-refractivity contribution in [2.45, 2.75) is 58.5 Å². The molecule has 0 unspecified atom stereocenters. The molecule has 0 aromatic carbocycles. The van der Waals surface area contributed by atoms with Crippen LogP contribution in [0.25, 0.3) is 0 Å². The smallest absolute Gasteiger partial charge is 0.317 e. The highest BCUT2D eigenvalue weighted by molar-refractivity contribution is 5.75. The van der Waals surface area contributed by atoms with Gasteiger partial charge in [0.1, 0.15) is 0 Å². The predicted octanol–water partition coefficient (Wildman–Crippen LogP) is 2.70. The van der Waals surface area contributed by atoms with Crippen LogP contribution in [0.4, 0.5) is 4.79 Å². The first-order chi connectivity index (χ1) is 10.6. The Balaban J connectivity index is 1.62. The maximum absolute atomic E-state index is 12.6. The molecule has 3 atom stereocenters. The van der Waals surface area contributed by atoms with Crippen LogP contribution in [-0.4, -0.2) is 33.3 Å². The van der Waals surface area contributed by atoms with Crippen molar-refractivity contribution in [2.24, 2.45) is 18.9 Å². The van der Waals surface area contributed by atoms with Gasteiger partial charge in [0.2, 0.25) is 0 Å². The molecule has 3 rings (SSSR count). The lowest BCUT2D eigenvalue weighted by Crippen LogP contribution is -2.44. The Morgan fingerprint density at radius 1 is 1.41 bits per heavy atom. The summed E-state index contributed by atoms with van der Waals surface area (Å²) in [6, 6.07) is 0.565. The van der Waals surface area contributed by atoms with Crippen LogP contribution in [0.5, 0.6) is 0 Å². The van der Waals surface area contributed by atoms with Crippen LogP contribution in [0, 0.1) is 11.8 Å². The Hall–Kier alpha value is -1.52. The maximum atomic E-state index is 12.6. The Morgan fingerprint density at radius 2 is 2.18 bits per heavy atom. The van der Waals surface area contributed by atoms with Crippen molar-refractivity contribution < 1.29 is 4.79 Å². The van der Waals surface area contributed by atoms with Gasteiger partial charge in [-0.1, -0.05) is 26.7 Å². The molecule has 1 aliphatic heterocycles. The summed E-state index contributed by atoms with van der Waals surface area (Å²) in [4.78, 5) is 14.7. The first kappa shape index (κ1) is 15.4. The third-order valence-corrected chi connectivity index (χ3v) is 5.42. The van der Waals surface area contributed by atoms with Crippen molar-refractivity contribution in [2.75, 3.05) is 6.54 Å². The summed E-state index contributed by atoms with van der Waals surface area (Å²) in [6.07, 6.45) is 7.97. The lowest BCUT2D eigenvalue weighted by Gasteiger charge is -2.32. The molecule has 0 radical (unpaired) electrons. The number of likely N-dealkylation sites (tertiary alicyclic amines) is 1. The molecule has 1 aromatic heterocycles. The zero-order chi connectivity index (χ0) is 15.7. The number of rotatable bonds is 3. The van der Waals surface area contributed by atoms with E-state index in [4.69, 9.17) is 0 Å². The van der Waals surface area contributed by atoms with Gasteiger partial charge in [-0.25, -0.2) is 4.79 Å². The molecular weight excluding hydrogens is 276 g/mol. The second-order valence-corrected chi connectivity index (χ2v) is 6.93. The fourth-order valence-corrected chi connectivity index (χ4v) is 4.31. The summed E-state index contributed by atoms with van der Waals surface area (Å²) in [6.45, 7) is 5.89. The first-order valence-electron chi connectivity index (χ1n) is 8.66. The van der Waals surface area contributed by atoms with Gasteiger partial charge in [0.25, 0.3) is 0 Å². The number of nitrogens with one attached hydrogen (secondary N) is 1. The molecule has 2 heterocycles. The van der Waals surface area contributed by atoms with Crippen LogP contribution in [0.2, 0.25) is 0 Å². The van der Waals surface area contributed by atoms with E-state index in [0.717, 1.165) is 24.2 Å². The van der Waals surface area contributed by atoms with E-state index in [1.165, 1.54) is 25.7 Å². The van der Waals surface area contributed by atoms with Gasteiger partial charge in [-0.05, 0) is 31.1 Å². The fourth-order valence-electron chi connectivity index (χ4n) is 4.31. The van der Waals surface area contributed by atoms with Crippen molar-refractivity contribution in [3.63, 3.8) is 0 Å². The number of aromatic nitrogens is 2. The lowest BCUT2D eigenvalue weighted by molar-refractivity contribution is 0.168. The highest BCUT2D eigenvalue weighted by atomic mass is 16.2. The van der Waals surface area contributed by atoms with Crippen molar-refractivity contribution >= 4 is 6.03 Å². The summed E-state index contributed by atoms with van der Waals surface area (Å²) < 4.78 is 1.83. The average Bonchev–Trinajstić information content (AvgIpc) is 3.05. The number of hydrogen-bond acceptors (Lipinski definition) is 2. The molecule has 5 heteroatoms. The van der Waals surface area contributed by atoms with E-state index in [9.17, 15) is 4.79 Å². The van der Waals surface area contributed by atoms with Gasteiger partial charge in [0, 0.05) is 37.9 Å². The lowest BCUT2D eigenvalue weighted by atomic mass is 9.80. The minimum absolute atomic E-state index is 0.104. The second kappa shape index (κ2) is 6.31. The monoisotopic (exact) mass is 304 g/mol. The quantitative estimate of drug-likeness (QED) is 0.933. The fraction of sp³-hybridized carbons (Fsp3) is 0.765. The highest BCUT2D eigenvalue weighted by Crippen LogP contribution is 2.39. The Bertz CT molecular complexity index is 539. The zero-order valence-corrected chi connectivity index (χ0v) is 14.0. The standard InChI is InChI=1S/C17H28N4O/c1-4-15-13(11-20(3)19-15)9-18-17(22)21-10-12(2)14-7-5-6-8-16(14)21/h11-12,14,16H,4-10H2,1-3H3,(H,18,22)/t12-,14-,16+/m0/s1. The molecule has 1 saturated carbocycles. The number of nitrogens with zero attached hydrogens (tertiary/aromatic N) is 3. The predicted molar refractivity (Wildman–Crippen MR) is 86.4 cm³/mol. The summed E-state index contributed by atoms with van der Waals surface area (Å²) in [5.41, 5.74) is 2.21. The van der Waals surface area contributed by atoms with E-state index in [1.54, 1.807) is 0 Å². The number of hydrogen-bond donors (Lipinski definition) is 1. The van der Waals surface area contributed by atoms with E-state index in [-0.39, 0.29) is 6.03 Å². The summed E-state index contributed by atoms with van der Waals surface area (Å²) in [7, 11) is 1.93. The van der Waals surface area contributed by atoms with Crippen LogP contribution in [0.1, 0.15) is 50.8 Å². The van der Waals surface area contributed by atoms with E-state index in [2.05, 4.69) is 29.2 Å². The number of fused-ring (bicyclic) bond motifs is 1. The van der Waals surface area contributed by atoms with Crippen LogP contribution in [0.3, 0.4) is 0 Å². The molecule has 5 nitrogen and oxygen atoms in total. The molecule has 122 valence electrons. The molecule has 2 amide bonds. The molecule has 22 heavy (non-hydrogen) atoms. The normalized spacial score (nSPS) is 27.8. The van der Waals surface area contributed by atoms with Crippen LogP contribution in [-0.2, 0) is 20.0 Å². The first-order valence-corrected chi connectivity index (χ1v) is 8.66. The number of aryl methyl sites for hydroxylation is 2. The zero-order valence-electron chi connectivity index (χ0n) is 14.0. The number of carbonyl (C=O) groups is 1. The van der Waals surface area contributed by atoms with E-state index in [0.29, 0.717) is 24.4 Å². The van der Waals surface area contributed by atoms with E-state index in [1.807, 2.05) is 17.9 Å². The van der Waals surface area contributed by atoms with Gasteiger partial charge in [-0.3, -0.25) is 4.68 Å². The molecule has 2 fully saturated rings. The maximum Gasteiger partial charge on any atom is 0.317 e. The summed E-state index contributed by atoms with van der Waals surface area (Å²) in [5.74, 6) is 1.35. The summed E-state index contributed by atoms with van der Waals surface area (Å²) >= 11 is 0. The summed E-state index contributed by atoms with van der Waals surface area (Å²) in [5, 5.41) is 7.55. The second-order valence-electron chi connectivity index (χ2n) is 6.93. The Labute approximate surface area is 133 Å². The van der Waals surface area contributed by atoms with Crippen molar-refractivity contribution in [3.05, 3.63) is 17.5 Å². The van der Waals surface area contributed by atoms with Crippen molar-refractivity contribution in [3.8, 4) is 0 Å². The molecule has 1 aromatic rings. The minimum atomic E-state index is 0.104. The largest absolute Gasteiger partial charge is 0.334 e.